The van der Waals surface area contributed by atoms with Gasteiger partial charge in [0.1, 0.15) is 0 Å². The van der Waals surface area contributed by atoms with Crippen LogP contribution in [0.5, 0.6) is 0 Å². The van der Waals surface area contributed by atoms with Gasteiger partial charge < -0.3 is 5.32 Å². The normalized spacial score (nSPS) is 12.5. The Balaban J connectivity index is 2.27. The van der Waals surface area contributed by atoms with Crippen molar-refractivity contribution in [2.24, 2.45) is 5.92 Å². The van der Waals surface area contributed by atoms with E-state index in [0.29, 0.717) is 5.92 Å². The molecule has 0 saturated carbocycles. The number of hydrogen-bond acceptors (Lipinski definition) is 1. The lowest BCUT2D eigenvalue weighted by Gasteiger charge is -2.11. The summed E-state index contributed by atoms with van der Waals surface area (Å²) in [6.07, 6.45) is 2.22. The summed E-state index contributed by atoms with van der Waals surface area (Å²) >= 11 is 0. The molecule has 1 heteroatoms. The largest absolute Gasteiger partial charge is 0.385 e. The Morgan fingerprint density at radius 1 is 1.31 bits per heavy atom. The molecule has 1 aromatic rings. The molecular weight excluding hydrogens is 158 g/mol. The van der Waals surface area contributed by atoms with Crippen molar-refractivity contribution >= 4 is 5.69 Å². The van der Waals surface area contributed by atoms with Gasteiger partial charge in [0.15, 0.2) is 0 Å². The maximum absolute atomic E-state index is 3.85. The molecule has 0 aromatic heterocycles. The molecule has 0 bridgehead atoms. The Labute approximate surface area is 81.2 Å². The van der Waals surface area contributed by atoms with Gasteiger partial charge in [-0.25, -0.2) is 0 Å². The molecule has 1 unspecified atom stereocenters. The molecule has 0 spiro atoms. The van der Waals surface area contributed by atoms with Gasteiger partial charge >= 0.3 is 0 Å². The molecule has 0 amide bonds. The van der Waals surface area contributed by atoms with E-state index >= 15 is 0 Å². The highest BCUT2D eigenvalue weighted by Crippen LogP contribution is 2.09. The van der Waals surface area contributed by atoms with Crippen LogP contribution < -0.4 is 5.32 Å². The van der Waals surface area contributed by atoms with E-state index in [2.05, 4.69) is 31.3 Å². The Hall–Kier alpha value is -0.980. The van der Waals surface area contributed by atoms with Crippen LogP contribution in [0, 0.1) is 12.8 Å². The molecule has 0 aliphatic heterocycles. The van der Waals surface area contributed by atoms with Crippen molar-refractivity contribution in [3.63, 3.8) is 0 Å². The molecule has 0 heterocycles. The highest BCUT2D eigenvalue weighted by molar-refractivity contribution is 5.42. The molecule has 1 atom stereocenters. The second-order valence-electron chi connectivity index (χ2n) is 3.49. The van der Waals surface area contributed by atoms with Crippen LogP contribution in [0.15, 0.2) is 30.3 Å². The van der Waals surface area contributed by atoms with Crippen LogP contribution in [-0.2, 0) is 0 Å². The third-order valence-electron chi connectivity index (χ3n) is 2.13. The molecular formula is C12H18N. The maximum Gasteiger partial charge on any atom is 0.0340 e. The van der Waals surface area contributed by atoms with Crippen molar-refractivity contribution in [3.05, 3.63) is 37.3 Å². The number of benzene rings is 1. The number of para-hydroxylation sites is 1. The predicted molar refractivity (Wildman–Crippen MR) is 58.7 cm³/mol. The Kier molecular flexibility index (Phi) is 4.37. The molecule has 13 heavy (non-hydrogen) atoms. The number of hydrogen-bond donors (Lipinski definition) is 1. The fourth-order valence-corrected chi connectivity index (χ4v) is 1.30. The van der Waals surface area contributed by atoms with Crippen molar-refractivity contribution in [3.8, 4) is 0 Å². The predicted octanol–water partition coefficient (Wildman–Crippen LogP) is 3.35. The van der Waals surface area contributed by atoms with Crippen LogP contribution in [-0.4, -0.2) is 6.54 Å². The van der Waals surface area contributed by atoms with Gasteiger partial charge in [-0.05, 0) is 24.5 Å². The van der Waals surface area contributed by atoms with Crippen LogP contribution in [0.25, 0.3) is 0 Å². The molecule has 71 valence electrons. The zero-order valence-corrected chi connectivity index (χ0v) is 8.29. The second kappa shape index (κ2) is 5.63. The van der Waals surface area contributed by atoms with E-state index in [4.69, 9.17) is 0 Å². The second-order valence-corrected chi connectivity index (χ2v) is 3.49. The van der Waals surface area contributed by atoms with Gasteiger partial charge in [0.2, 0.25) is 0 Å². The van der Waals surface area contributed by atoms with Crippen LogP contribution >= 0.6 is 0 Å². The van der Waals surface area contributed by atoms with Crippen molar-refractivity contribution in [1.82, 2.24) is 0 Å². The lowest BCUT2D eigenvalue weighted by atomic mass is 10.1. The molecule has 0 fully saturated rings. The first kappa shape index (κ1) is 10.1. The van der Waals surface area contributed by atoms with Crippen molar-refractivity contribution in [2.75, 3.05) is 11.9 Å². The summed E-state index contributed by atoms with van der Waals surface area (Å²) in [4.78, 5) is 0. The zero-order valence-electron chi connectivity index (χ0n) is 8.29. The third-order valence-corrected chi connectivity index (χ3v) is 2.13. The lowest BCUT2D eigenvalue weighted by Crippen LogP contribution is -2.10. The monoisotopic (exact) mass is 176 g/mol. The van der Waals surface area contributed by atoms with Crippen molar-refractivity contribution in [1.29, 1.82) is 0 Å². The van der Waals surface area contributed by atoms with Gasteiger partial charge in [-0.3, -0.25) is 0 Å². The number of rotatable bonds is 5. The fraction of sp³-hybridized carbons (Fsp3) is 0.417. The summed E-state index contributed by atoms with van der Waals surface area (Å²) in [5, 5.41) is 3.40. The first-order valence-electron chi connectivity index (χ1n) is 4.91. The van der Waals surface area contributed by atoms with Crippen LogP contribution in [0.2, 0.25) is 0 Å². The summed E-state index contributed by atoms with van der Waals surface area (Å²) in [7, 11) is 0. The molecule has 0 saturated heterocycles. The van der Waals surface area contributed by atoms with Crippen LogP contribution in [0.4, 0.5) is 5.69 Å². The Morgan fingerprint density at radius 2 is 2.00 bits per heavy atom. The average Bonchev–Trinajstić information content (AvgIpc) is 2.17. The third kappa shape index (κ3) is 3.97. The number of nitrogens with one attached hydrogen (secondary N) is 1. The van der Waals surface area contributed by atoms with E-state index in [0.717, 1.165) is 13.0 Å². The number of anilines is 1. The summed E-state index contributed by atoms with van der Waals surface area (Å²) in [5.74, 6) is 0.706. The molecule has 0 aliphatic rings. The summed E-state index contributed by atoms with van der Waals surface area (Å²) in [5.41, 5.74) is 1.21. The Bertz CT molecular complexity index is 218. The highest BCUT2D eigenvalue weighted by Gasteiger charge is 1.99. The van der Waals surface area contributed by atoms with Crippen molar-refractivity contribution < 1.29 is 0 Å². The molecule has 1 radical (unpaired) electrons. The lowest BCUT2D eigenvalue weighted by molar-refractivity contribution is 0.565. The fourth-order valence-electron chi connectivity index (χ4n) is 1.30. The Morgan fingerprint density at radius 3 is 2.62 bits per heavy atom. The first-order valence-corrected chi connectivity index (χ1v) is 4.91. The molecule has 1 N–H and O–H groups in total. The molecule has 1 nitrogen and oxygen atoms in total. The topological polar surface area (TPSA) is 12.0 Å². The van der Waals surface area contributed by atoms with Gasteiger partial charge in [-0.1, -0.05) is 38.5 Å². The molecule has 1 rings (SSSR count). The summed E-state index contributed by atoms with van der Waals surface area (Å²) < 4.78 is 0. The smallest absolute Gasteiger partial charge is 0.0340 e. The minimum absolute atomic E-state index is 0.706. The highest BCUT2D eigenvalue weighted by atomic mass is 14.9. The van der Waals surface area contributed by atoms with Gasteiger partial charge in [-0.2, -0.15) is 0 Å². The quantitative estimate of drug-likeness (QED) is 0.725. The minimum atomic E-state index is 0.706. The molecule has 1 aromatic carbocycles. The maximum atomic E-state index is 3.85. The zero-order chi connectivity index (χ0) is 9.52. The van der Waals surface area contributed by atoms with Gasteiger partial charge in [0, 0.05) is 12.2 Å². The standard InChI is InChI=1S/C12H18N/c1-3-7-11(2)10-13-12-8-5-4-6-9-12/h4-6,8-9,11,13H,1,3,7,10H2,2H3. The van der Waals surface area contributed by atoms with E-state index in [1.54, 1.807) is 0 Å². The van der Waals surface area contributed by atoms with E-state index < -0.39 is 0 Å². The van der Waals surface area contributed by atoms with Gasteiger partial charge in [0.05, 0.1) is 0 Å². The minimum Gasteiger partial charge on any atom is -0.385 e. The van der Waals surface area contributed by atoms with Crippen LogP contribution in [0.1, 0.15) is 19.8 Å². The van der Waals surface area contributed by atoms with Gasteiger partial charge in [-0.15, -0.1) is 0 Å². The average molecular weight is 176 g/mol. The summed E-state index contributed by atoms with van der Waals surface area (Å²) in [6.45, 7) is 7.15. The SMILES string of the molecule is [CH2]CCC(C)CNc1ccccc1. The molecule has 0 aliphatic carbocycles. The summed E-state index contributed by atoms with van der Waals surface area (Å²) in [6, 6.07) is 10.3. The van der Waals surface area contributed by atoms with E-state index in [1.165, 1.54) is 12.1 Å². The van der Waals surface area contributed by atoms with Gasteiger partial charge in [0.25, 0.3) is 0 Å². The van der Waals surface area contributed by atoms with Crippen LogP contribution in [0.3, 0.4) is 0 Å². The van der Waals surface area contributed by atoms with Crippen molar-refractivity contribution in [2.45, 2.75) is 19.8 Å². The first-order chi connectivity index (χ1) is 6.33. The van der Waals surface area contributed by atoms with E-state index in [1.807, 2.05) is 18.2 Å². The van der Waals surface area contributed by atoms with E-state index in [9.17, 15) is 0 Å². The van der Waals surface area contributed by atoms with E-state index in [-0.39, 0.29) is 0 Å².